The first-order valence-electron chi connectivity index (χ1n) is 6.08. The molecule has 2 heterocycles. The molecule has 0 bridgehead atoms. The van der Waals surface area contributed by atoms with Crippen molar-refractivity contribution < 1.29 is 13.2 Å². The second-order valence-corrected chi connectivity index (χ2v) is 6.76. The van der Waals surface area contributed by atoms with Crippen LogP contribution < -0.4 is 10.6 Å². The quantitative estimate of drug-likeness (QED) is 0.817. The number of hydrogen-bond donors (Lipinski definition) is 2. The number of sulfone groups is 1. The van der Waals surface area contributed by atoms with Gasteiger partial charge in [0.1, 0.15) is 0 Å². The normalized spacial score (nSPS) is 23.3. The number of nitrogens with one attached hydrogen (secondary N) is 2. The van der Waals surface area contributed by atoms with Crippen LogP contribution in [-0.2, 0) is 22.9 Å². The van der Waals surface area contributed by atoms with Gasteiger partial charge in [0, 0.05) is 24.1 Å². The molecule has 5 nitrogen and oxygen atoms in total. The topological polar surface area (TPSA) is 75.3 Å². The van der Waals surface area contributed by atoms with Crippen molar-refractivity contribution in [3.63, 3.8) is 0 Å². The van der Waals surface area contributed by atoms with Gasteiger partial charge in [0.05, 0.1) is 11.8 Å². The maximum atomic E-state index is 12.1. The van der Waals surface area contributed by atoms with E-state index < -0.39 is 15.9 Å². The summed E-state index contributed by atoms with van der Waals surface area (Å²) in [6.45, 7) is 1.61. The van der Waals surface area contributed by atoms with Crippen LogP contribution in [-0.4, -0.2) is 26.1 Å². The number of rotatable bonds is 2. The summed E-state index contributed by atoms with van der Waals surface area (Å²) in [6, 6.07) is 5.14. The van der Waals surface area contributed by atoms with Gasteiger partial charge in [0.25, 0.3) is 5.91 Å². The Hall–Kier alpha value is -1.66. The molecule has 0 fully saturated rings. The molecule has 1 aromatic rings. The predicted molar refractivity (Wildman–Crippen MR) is 71.2 cm³/mol. The molecule has 0 saturated carbocycles. The minimum atomic E-state index is -3.14. The van der Waals surface area contributed by atoms with Gasteiger partial charge in [-0.3, -0.25) is 4.79 Å². The van der Waals surface area contributed by atoms with Gasteiger partial charge in [-0.1, -0.05) is 6.07 Å². The van der Waals surface area contributed by atoms with E-state index in [2.05, 4.69) is 10.6 Å². The summed E-state index contributed by atoms with van der Waals surface area (Å²) >= 11 is 0. The summed E-state index contributed by atoms with van der Waals surface area (Å²) in [7, 11) is -3.14. The van der Waals surface area contributed by atoms with Crippen LogP contribution >= 0.6 is 0 Å². The first kappa shape index (κ1) is 12.4. The first-order valence-corrected chi connectivity index (χ1v) is 7.79. The highest BCUT2D eigenvalue weighted by Gasteiger charge is 2.23. The van der Waals surface area contributed by atoms with E-state index in [0.717, 1.165) is 24.1 Å². The van der Waals surface area contributed by atoms with Crippen molar-refractivity contribution in [3.8, 4) is 0 Å². The fraction of sp³-hybridized carbons (Fsp3) is 0.308. The Morgan fingerprint density at radius 2 is 2.05 bits per heavy atom. The largest absolute Gasteiger partial charge is 0.345 e. The lowest BCUT2D eigenvalue weighted by Gasteiger charge is -2.10. The van der Waals surface area contributed by atoms with E-state index in [4.69, 9.17) is 0 Å². The van der Waals surface area contributed by atoms with Crippen LogP contribution in [0.1, 0.15) is 21.5 Å². The van der Waals surface area contributed by atoms with Crippen molar-refractivity contribution >= 4 is 15.7 Å². The van der Waals surface area contributed by atoms with Gasteiger partial charge in [0.15, 0.2) is 9.84 Å². The molecule has 2 aliphatic rings. The molecule has 0 spiro atoms. The third-order valence-electron chi connectivity index (χ3n) is 3.35. The lowest BCUT2D eigenvalue weighted by molar-refractivity contribution is 0.0947. The fourth-order valence-electron chi connectivity index (χ4n) is 2.35. The molecule has 6 heteroatoms. The maximum absolute atomic E-state index is 12.1. The minimum Gasteiger partial charge on any atom is -0.345 e. The molecule has 0 aliphatic carbocycles. The highest BCUT2D eigenvalue weighted by Crippen LogP contribution is 2.17. The Kier molecular flexibility index (Phi) is 2.91. The van der Waals surface area contributed by atoms with Gasteiger partial charge in [-0.25, -0.2) is 8.42 Å². The van der Waals surface area contributed by atoms with Crippen molar-refractivity contribution in [2.75, 3.05) is 5.75 Å². The molecular weight excluding hydrogens is 264 g/mol. The number of amides is 1. The summed E-state index contributed by atoms with van der Waals surface area (Å²) in [5.41, 5.74) is 2.90. The zero-order chi connectivity index (χ0) is 13.5. The molecule has 0 radical (unpaired) electrons. The lowest BCUT2D eigenvalue weighted by Crippen LogP contribution is -2.35. The predicted octanol–water partition coefficient (Wildman–Crippen LogP) is 0.330. The Morgan fingerprint density at radius 3 is 2.79 bits per heavy atom. The van der Waals surface area contributed by atoms with Crippen LogP contribution in [0, 0.1) is 0 Å². The van der Waals surface area contributed by atoms with Gasteiger partial charge in [0.2, 0.25) is 0 Å². The molecule has 1 amide bonds. The van der Waals surface area contributed by atoms with Gasteiger partial charge in [-0.05, 0) is 29.3 Å². The number of fused-ring (bicyclic) bond motifs is 1. The van der Waals surface area contributed by atoms with E-state index in [1.54, 1.807) is 6.07 Å². The Balaban J connectivity index is 1.73. The summed E-state index contributed by atoms with van der Waals surface area (Å²) in [5, 5.41) is 7.09. The van der Waals surface area contributed by atoms with Crippen molar-refractivity contribution in [3.05, 3.63) is 46.4 Å². The van der Waals surface area contributed by atoms with E-state index in [0.29, 0.717) is 5.56 Å². The highest BCUT2D eigenvalue weighted by molar-refractivity contribution is 7.94. The smallest absolute Gasteiger partial charge is 0.251 e. The van der Waals surface area contributed by atoms with E-state index in [-0.39, 0.29) is 11.7 Å². The second kappa shape index (κ2) is 4.47. The van der Waals surface area contributed by atoms with Crippen molar-refractivity contribution in [2.45, 2.75) is 19.1 Å². The summed E-state index contributed by atoms with van der Waals surface area (Å²) in [4.78, 5) is 12.1. The third kappa shape index (κ3) is 2.54. The minimum absolute atomic E-state index is 0.0504. The van der Waals surface area contributed by atoms with Crippen LogP contribution in [0.25, 0.3) is 0 Å². The van der Waals surface area contributed by atoms with Crippen LogP contribution in [0.15, 0.2) is 29.7 Å². The molecule has 2 aliphatic heterocycles. The number of carbonyl (C=O) groups is 1. The van der Waals surface area contributed by atoms with E-state index in [1.807, 2.05) is 12.1 Å². The summed E-state index contributed by atoms with van der Waals surface area (Å²) in [6.07, 6.45) is 1.52. The molecule has 1 aromatic carbocycles. The van der Waals surface area contributed by atoms with E-state index >= 15 is 0 Å². The van der Waals surface area contributed by atoms with E-state index in [9.17, 15) is 13.2 Å². The SMILES string of the molecule is O=C(NC1C=CS(=O)(=O)C1)c1ccc2c(c1)CNC2. The average Bonchev–Trinajstić information content (AvgIpc) is 2.94. The molecule has 1 unspecified atom stereocenters. The maximum Gasteiger partial charge on any atom is 0.251 e. The number of hydrogen-bond acceptors (Lipinski definition) is 4. The molecule has 0 aromatic heterocycles. The highest BCUT2D eigenvalue weighted by atomic mass is 32.2. The molecule has 100 valence electrons. The first-order chi connectivity index (χ1) is 9.03. The van der Waals surface area contributed by atoms with Crippen LogP contribution in [0.3, 0.4) is 0 Å². The van der Waals surface area contributed by atoms with Crippen LogP contribution in [0.2, 0.25) is 0 Å². The summed E-state index contributed by atoms with van der Waals surface area (Å²) in [5.74, 6) is -0.285. The van der Waals surface area contributed by atoms with Gasteiger partial charge < -0.3 is 10.6 Å². The van der Waals surface area contributed by atoms with Crippen molar-refractivity contribution in [2.24, 2.45) is 0 Å². The zero-order valence-electron chi connectivity index (χ0n) is 10.2. The third-order valence-corrected chi connectivity index (χ3v) is 4.74. The van der Waals surface area contributed by atoms with Gasteiger partial charge in [-0.15, -0.1) is 0 Å². The Labute approximate surface area is 111 Å². The number of benzene rings is 1. The molecule has 0 saturated heterocycles. The van der Waals surface area contributed by atoms with Crippen LogP contribution in [0.4, 0.5) is 0 Å². The second-order valence-electron chi connectivity index (χ2n) is 4.83. The van der Waals surface area contributed by atoms with Crippen molar-refractivity contribution in [1.82, 2.24) is 10.6 Å². The lowest BCUT2D eigenvalue weighted by atomic mass is 10.1. The monoisotopic (exact) mass is 278 g/mol. The average molecular weight is 278 g/mol. The molecular formula is C13H14N2O3S. The molecule has 19 heavy (non-hydrogen) atoms. The Bertz CT molecular complexity index is 664. The van der Waals surface area contributed by atoms with Gasteiger partial charge in [-0.2, -0.15) is 0 Å². The molecule has 1 atom stereocenters. The standard InChI is InChI=1S/C13H14N2O3S/c16-13(15-12-3-4-19(17,18)8-12)9-1-2-10-6-14-7-11(10)5-9/h1-5,12,14H,6-8H2,(H,15,16). The number of carbonyl (C=O) groups excluding carboxylic acids is 1. The Morgan fingerprint density at radius 1 is 1.26 bits per heavy atom. The van der Waals surface area contributed by atoms with E-state index in [1.165, 1.54) is 11.6 Å². The fourth-order valence-corrected chi connectivity index (χ4v) is 3.59. The zero-order valence-corrected chi connectivity index (χ0v) is 11.0. The molecule has 3 rings (SSSR count). The van der Waals surface area contributed by atoms with Gasteiger partial charge >= 0.3 is 0 Å². The molecule has 2 N–H and O–H groups in total. The summed E-state index contributed by atoms with van der Waals surface area (Å²) < 4.78 is 22.5. The van der Waals surface area contributed by atoms with Crippen LogP contribution in [0.5, 0.6) is 0 Å². The van der Waals surface area contributed by atoms with Crippen molar-refractivity contribution in [1.29, 1.82) is 0 Å².